The number of rotatable bonds is 8. The Morgan fingerprint density at radius 2 is 0.787 bits per heavy atom. The van der Waals surface area contributed by atoms with E-state index in [0.29, 0.717) is 0 Å². The Morgan fingerprint density at radius 1 is 0.230 bits per heavy atom. The lowest BCUT2D eigenvalue weighted by atomic mass is 9.89. The Labute approximate surface area is 357 Å². The molecular weight excluding hydrogens is 735 g/mol. The van der Waals surface area contributed by atoms with E-state index in [4.69, 9.17) is 0 Å². The quantitative estimate of drug-likeness (QED) is 0.139. The molecule has 0 amide bonds. The Morgan fingerprint density at radius 3 is 1.52 bits per heavy atom. The molecule has 0 aliphatic rings. The third-order valence-electron chi connectivity index (χ3n) is 12.0. The highest BCUT2D eigenvalue weighted by Crippen LogP contribution is 2.46. The van der Waals surface area contributed by atoms with Crippen LogP contribution < -0.4 is 4.90 Å². The van der Waals surface area contributed by atoms with Gasteiger partial charge in [0.25, 0.3) is 0 Å². The van der Waals surface area contributed by atoms with Crippen LogP contribution in [0.5, 0.6) is 0 Å². The van der Waals surface area contributed by atoms with Crippen molar-refractivity contribution in [1.82, 2.24) is 0 Å². The van der Waals surface area contributed by atoms with Gasteiger partial charge in [-0.05, 0) is 125 Å². The molecule has 11 aromatic rings. The van der Waals surface area contributed by atoms with Crippen molar-refractivity contribution in [3.05, 3.63) is 249 Å². The van der Waals surface area contributed by atoms with Crippen LogP contribution in [0.15, 0.2) is 249 Å². The van der Waals surface area contributed by atoms with Gasteiger partial charge >= 0.3 is 0 Å². The minimum Gasteiger partial charge on any atom is -0.310 e. The van der Waals surface area contributed by atoms with Crippen LogP contribution in [0.1, 0.15) is 0 Å². The zero-order valence-corrected chi connectivity index (χ0v) is 33.6. The zero-order chi connectivity index (χ0) is 40.5. The molecule has 0 aromatic heterocycles. The van der Waals surface area contributed by atoms with Gasteiger partial charge in [0.2, 0.25) is 0 Å². The van der Waals surface area contributed by atoms with E-state index >= 15 is 0 Å². The molecule has 11 aromatic carbocycles. The summed E-state index contributed by atoms with van der Waals surface area (Å²) in [5.41, 5.74) is 15.2. The fourth-order valence-electron chi connectivity index (χ4n) is 9.14. The summed E-state index contributed by atoms with van der Waals surface area (Å²) in [5.74, 6) is 0. The summed E-state index contributed by atoms with van der Waals surface area (Å²) < 4.78 is 0. The molecule has 0 atom stereocenters. The number of hydrogen-bond acceptors (Lipinski definition) is 1. The minimum atomic E-state index is 1.08. The molecule has 0 bridgehead atoms. The number of fused-ring (bicyclic) bond motifs is 4. The summed E-state index contributed by atoms with van der Waals surface area (Å²) in [6.07, 6.45) is 0. The van der Waals surface area contributed by atoms with E-state index in [-0.39, 0.29) is 0 Å². The highest BCUT2D eigenvalue weighted by molar-refractivity contribution is 6.14. The van der Waals surface area contributed by atoms with E-state index in [1.54, 1.807) is 0 Å². The first-order chi connectivity index (χ1) is 30.3. The van der Waals surface area contributed by atoms with Gasteiger partial charge in [-0.1, -0.05) is 206 Å². The Balaban J connectivity index is 1.12. The highest BCUT2D eigenvalue weighted by Gasteiger charge is 2.21. The second kappa shape index (κ2) is 15.6. The van der Waals surface area contributed by atoms with Crippen LogP contribution in [-0.2, 0) is 0 Å². The van der Waals surface area contributed by atoms with Crippen molar-refractivity contribution in [3.8, 4) is 55.6 Å². The SMILES string of the molecule is c1ccc(-c2ccc(N(c3ccc(-c4ccc5ccccc5c4-c4ccccc4)cc3)c3cccc(-c4cc5ccccc5c5ccccc45)c3)c(-c3ccccc3)c2)cc1. The first-order valence-electron chi connectivity index (χ1n) is 21.0. The topological polar surface area (TPSA) is 3.24 Å². The van der Waals surface area contributed by atoms with Crippen LogP contribution in [-0.4, -0.2) is 0 Å². The Hall–Kier alpha value is -8.00. The first kappa shape index (κ1) is 36.1. The van der Waals surface area contributed by atoms with Crippen molar-refractivity contribution in [1.29, 1.82) is 0 Å². The number of hydrogen-bond donors (Lipinski definition) is 0. The maximum absolute atomic E-state index is 2.44. The third kappa shape index (κ3) is 6.73. The lowest BCUT2D eigenvalue weighted by Crippen LogP contribution is -2.11. The molecular formula is C60H41N. The van der Waals surface area contributed by atoms with Crippen molar-refractivity contribution in [2.45, 2.75) is 0 Å². The van der Waals surface area contributed by atoms with Gasteiger partial charge in [-0.2, -0.15) is 0 Å². The molecule has 0 radical (unpaired) electrons. The van der Waals surface area contributed by atoms with E-state index in [2.05, 4.69) is 254 Å². The van der Waals surface area contributed by atoms with Gasteiger partial charge in [-0.15, -0.1) is 0 Å². The van der Waals surface area contributed by atoms with Gasteiger partial charge in [0, 0.05) is 16.9 Å². The van der Waals surface area contributed by atoms with E-state index in [1.165, 1.54) is 76.8 Å². The molecule has 0 heterocycles. The largest absolute Gasteiger partial charge is 0.310 e. The monoisotopic (exact) mass is 775 g/mol. The van der Waals surface area contributed by atoms with Crippen molar-refractivity contribution < 1.29 is 0 Å². The lowest BCUT2D eigenvalue weighted by Gasteiger charge is -2.29. The molecule has 0 saturated heterocycles. The third-order valence-corrected chi connectivity index (χ3v) is 12.0. The zero-order valence-electron chi connectivity index (χ0n) is 33.6. The predicted molar refractivity (Wildman–Crippen MR) is 261 cm³/mol. The summed E-state index contributed by atoms with van der Waals surface area (Å²) >= 11 is 0. The average Bonchev–Trinajstić information content (AvgIpc) is 3.34. The summed E-state index contributed by atoms with van der Waals surface area (Å²) in [7, 11) is 0. The maximum atomic E-state index is 2.44. The second-order valence-corrected chi connectivity index (χ2v) is 15.7. The molecule has 0 N–H and O–H groups in total. The second-order valence-electron chi connectivity index (χ2n) is 15.7. The van der Waals surface area contributed by atoms with Crippen LogP contribution >= 0.6 is 0 Å². The normalized spacial score (nSPS) is 11.3. The van der Waals surface area contributed by atoms with Crippen molar-refractivity contribution in [2.24, 2.45) is 0 Å². The molecule has 0 unspecified atom stereocenters. The molecule has 1 heteroatoms. The molecule has 61 heavy (non-hydrogen) atoms. The standard InChI is InChI=1S/C60H41N/c1-4-17-42(18-5-1)47-34-38-59(58(40-47)43-19-6-2-7-20-43)61(51-26-16-25-48(39-51)57-41-49-24-11-12-27-52(49)55-29-14-15-30-56(55)57)50-35-31-45(32-36-50)54-37-33-44-21-10-13-28-53(44)60(54)46-22-8-3-9-23-46/h1-41H. The van der Waals surface area contributed by atoms with Crippen molar-refractivity contribution in [2.75, 3.05) is 4.90 Å². The van der Waals surface area contributed by atoms with Gasteiger partial charge in [-0.3, -0.25) is 0 Å². The van der Waals surface area contributed by atoms with E-state index in [9.17, 15) is 0 Å². The minimum absolute atomic E-state index is 1.08. The maximum Gasteiger partial charge on any atom is 0.0540 e. The van der Waals surface area contributed by atoms with Gasteiger partial charge in [-0.25, -0.2) is 0 Å². The molecule has 0 fully saturated rings. The highest BCUT2D eigenvalue weighted by atomic mass is 15.1. The number of benzene rings is 11. The Bertz CT molecular complexity index is 3330. The predicted octanol–water partition coefficient (Wildman–Crippen LogP) is 17.0. The number of anilines is 3. The lowest BCUT2D eigenvalue weighted by molar-refractivity contribution is 1.28. The van der Waals surface area contributed by atoms with Gasteiger partial charge in [0.05, 0.1) is 5.69 Å². The summed E-state index contributed by atoms with van der Waals surface area (Å²) in [5, 5.41) is 7.50. The van der Waals surface area contributed by atoms with Crippen molar-refractivity contribution in [3.63, 3.8) is 0 Å². The molecule has 0 saturated carbocycles. The molecule has 286 valence electrons. The fraction of sp³-hybridized carbons (Fsp3) is 0. The molecule has 1 nitrogen and oxygen atoms in total. The van der Waals surface area contributed by atoms with Gasteiger partial charge in [0.15, 0.2) is 0 Å². The number of nitrogens with zero attached hydrogens (tertiary/aromatic N) is 1. The first-order valence-corrected chi connectivity index (χ1v) is 21.0. The summed E-state index contributed by atoms with van der Waals surface area (Å²) in [6.45, 7) is 0. The van der Waals surface area contributed by atoms with Crippen LogP contribution in [0, 0.1) is 0 Å². The molecule has 0 spiro atoms. The summed E-state index contributed by atoms with van der Waals surface area (Å²) in [6, 6.07) is 90.5. The Kier molecular flexibility index (Phi) is 9.26. The van der Waals surface area contributed by atoms with E-state index in [0.717, 1.165) is 28.2 Å². The van der Waals surface area contributed by atoms with E-state index < -0.39 is 0 Å². The van der Waals surface area contributed by atoms with Crippen LogP contribution in [0.4, 0.5) is 17.1 Å². The van der Waals surface area contributed by atoms with Crippen molar-refractivity contribution >= 4 is 49.4 Å². The fourth-order valence-corrected chi connectivity index (χ4v) is 9.14. The summed E-state index contributed by atoms with van der Waals surface area (Å²) in [4.78, 5) is 2.44. The van der Waals surface area contributed by atoms with E-state index in [1.807, 2.05) is 0 Å². The molecule has 11 rings (SSSR count). The average molecular weight is 776 g/mol. The molecule has 0 aliphatic carbocycles. The van der Waals surface area contributed by atoms with Gasteiger partial charge < -0.3 is 4.90 Å². The van der Waals surface area contributed by atoms with Crippen LogP contribution in [0.2, 0.25) is 0 Å². The van der Waals surface area contributed by atoms with Crippen LogP contribution in [0.25, 0.3) is 88.0 Å². The van der Waals surface area contributed by atoms with Crippen LogP contribution in [0.3, 0.4) is 0 Å². The van der Waals surface area contributed by atoms with Gasteiger partial charge in [0.1, 0.15) is 0 Å². The smallest absolute Gasteiger partial charge is 0.0540 e. The molecule has 0 aliphatic heterocycles.